The number of rotatable bonds is 2. The van der Waals surface area contributed by atoms with E-state index in [1.807, 2.05) is 11.8 Å². The van der Waals surface area contributed by atoms with Crippen molar-refractivity contribution >= 4 is 18.3 Å². The van der Waals surface area contributed by atoms with Crippen LogP contribution < -0.4 is 5.73 Å². The van der Waals surface area contributed by atoms with E-state index >= 15 is 0 Å². The van der Waals surface area contributed by atoms with Gasteiger partial charge in [-0.2, -0.15) is 0 Å². The SMILES string of the molecule is Cc1cc(C(=O)N2CCC(C(C)N)CC2)ccc1F.Cl. The van der Waals surface area contributed by atoms with E-state index in [0.29, 0.717) is 17.0 Å². The third-order valence-corrected chi connectivity index (χ3v) is 3.98. The van der Waals surface area contributed by atoms with Crippen LogP contribution in [-0.2, 0) is 0 Å². The Morgan fingerprint density at radius 1 is 1.40 bits per heavy atom. The molecule has 2 N–H and O–H groups in total. The van der Waals surface area contributed by atoms with Crippen LogP contribution in [0.1, 0.15) is 35.7 Å². The van der Waals surface area contributed by atoms with Crippen LogP contribution in [0.15, 0.2) is 18.2 Å². The number of aryl methyl sites for hydroxylation is 1. The first-order chi connectivity index (χ1) is 8.99. The van der Waals surface area contributed by atoms with Gasteiger partial charge in [0.2, 0.25) is 0 Å². The molecule has 3 nitrogen and oxygen atoms in total. The molecular weight excluding hydrogens is 279 g/mol. The lowest BCUT2D eigenvalue weighted by molar-refractivity contribution is 0.0681. The van der Waals surface area contributed by atoms with Crippen LogP contribution in [0, 0.1) is 18.7 Å². The van der Waals surface area contributed by atoms with E-state index in [1.165, 1.54) is 6.07 Å². The van der Waals surface area contributed by atoms with Crippen molar-refractivity contribution in [2.75, 3.05) is 13.1 Å². The van der Waals surface area contributed by atoms with Gasteiger partial charge in [0.05, 0.1) is 0 Å². The quantitative estimate of drug-likeness (QED) is 0.913. The maximum atomic E-state index is 13.2. The Labute approximate surface area is 125 Å². The van der Waals surface area contributed by atoms with Crippen molar-refractivity contribution < 1.29 is 9.18 Å². The summed E-state index contributed by atoms with van der Waals surface area (Å²) in [5.41, 5.74) is 6.97. The summed E-state index contributed by atoms with van der Waals surface area (Å²) < 4.78 is 13.2. The molecule has 0 aromatic heterocycles. The molecule has 1 aliphatic rings. The van der Waals surface area contributed by atoms with Crippen molar-refractivity contribution in [3.63, 3.8) is 0 Å². The molecule has 0 bridgehead atoms. The first-order valence-corrected chi connectivity index (χ1v) is 6.80. The minimum Gasteiger partial charge on any atom is -0.339 e. The summed E-state index contributed by atoms with van der Waals surface area (Å²) in [5, 5.41) is 0. The summed E-state index contributed by atoms with van der Waals surface area (Å²) >= 11 is 0. The summed E-state index contributed by atoms with van der Waals surface area (Å²) in [5.74, 6) is 0.220. The highest BCUT2D eigenvalue weighted by Gasteiger charge is 2.25. The van der Waals surface area contributed by atoms with Crippen LogP contribution in [0.2, 0.25) is 0 Å². The number of piperidine rings is 1. The Morgan fingerprint density at radius 2 is 2.00 bits per heavy atom. The second kappa shape index (κ2) is 7.04. The molecule has 20 heavy (non-hydrogen) atoms. The van der Waals surface area contributed by atoms with Gasteiger partial charge in [-0.1, -0.05) is 0 Å². The normalized spacial score (nSPS) is 17.5. The van der Waals surface area contributed by atoms with Crippen LogP contribution in [0.4, 0.5) is 4.39 Å². The Kier molecular flexibility index (Phi) is 5.96. The molecular formula is C15H22ClFN2O. The Morgan fingerprint density at radius 3 is 2.50 bits per heavy atom. The first kappa shape index (κ1) is 16.9. The van der Waals surface area contributed by atoms with Crippen LogP contribution in [0.5, 0.6) is 0 Å². The summed E-state index contributed by atoms with van der Waals surface area (Å²) in [6.07, 6.45) is 1.90. The van der Waals surface area contributed by atoms with E-state index in [1.54, 1.807) is 19.1 Å². The Balaban J connectivity index is 0.00000200. The van der Waals surface area contributed by atoms with Gasteiger partial charge in [0.1, 0.15) is 5.82 Å². The predicted octanol–water partition coefficient (Wildman–Crippen LogP) is 2.76. The fourth-order valence-electron chi connectivity index (χ4n) is 2.59. The van der Waals surface area contributed by atoms with Gasteiger partial charge in [0, 0.05) is 24.7 Å². The molecule has 1 saturated heterocycles. The van der Waals surface area contributed by atoms with Crippen LogP contribution in [0.25, 0.3) is 0 Å². The summed E-state index contributed by atoms with van der Waals surface area (Å²) in [7, 11) is 0. The zero-order valence-electron chi connectivity index (χ0n) is 11.9. The van der Waals surface area contributed by atoms with Gasteiger partial charge in [-0.3, -0.25) is 4.79 Å². The van der Waals surface area contributed by atoms with Gasteiger partial charge >= 0.3 is 0 Å². The molecule has 1 aromatic carbocycles. The lowest BCUT2D eigenvalue weighted by Crippen LogP contribution is -2.42. The number of amides is 1. The fraction of sp³-hybridized carbons (Fsp3) is 0.533. The maximum absolute atomic E-state index is 13.2. The van der Waals surface area contributed by atoms with Gasteiger partial charge in [-0.05, 0) is 56.4 Å². The second-order valence-corrected chi connectivity index (χ2v) is 5.45. The maximum Gasteiger partial charge on any atom is 0.253 e. The number of carbonyl (C=O) groups is 1. The highest BCUT2D eigenvalue weighted by molar-refractivity contribution is 5.94. The lowest BCUT2D eigenvalue weighted by atomic mass is 9.90. The average Bonchev–Trinajstić information content (AvgIpc) is 2.41. The number of likely N-dealkylation sites (tertiary alicyclic amines) is 1. The zero-order valence-corrected chi connectivity index (χ0v) is 12.8. The molecule has 2 rings (SSSR count). The van der Waals surface area contributed by atoms with Crippen LogP contribution in [-0.4, -0.2) is 29.9 Å². The fourth-order valence-corrected chi connectivity index (χ4v) is 2.59. The zero-order chi connectivity index (χ0) is 14.0. The van der Waals surface area contributed by atoms with E-state index in [0.717, 1.165) is 25.9 Å². The van der Waals surface area contributed by atoms with E-state index in [2.05, 4.69) is 0 Å². The number of carbonyl (C=O) groups excluding carboxylic acids is 1. The van der Waals surface area contributed by atoms with Crippen molar-refractivity contribution in [1.82, 2.24) is 4.90 Å². The monoisotopic (exact) mass is 300 g/mol. The Hall–Kier alpha value is -1.13. The molecule has 0 spiro atoms. The van der Waals surface area contributed by atoms with Gasteiger partial charge in [0.15, 0.2) is 0 Å². The molecule has 0 radical (unpaired) electrons. The number of hydrogen-bond donors (Lipinski definition) is 1. The lowest BCUT2D eigenvalue weighted by Gasteiger charge is -2.33. The third kappa shape index (κ3) is 3.70. The van der Waals surface area contributed by atoms with Gasteiger partial charge in [-0.15, -0.1) is 12.4 Å². The topological polar surface area (TPSA) is 46.3 Å². The number of hydrogen-bond acceptors (Lipinski definition) is 2. The molecule has 1 fully saturated rings. The molecule has 1 unspecified atom stereocenters. The predicted molar refractivity (Wildman–Crippen MR) is 80.7 cm³/mol. The van der Waals surface area contributed by atoms with Crippen molar-refractivity contribution in [3.8, 4) is 0 Å². The molecule has 112 valence electrons. The molecule has 0 saturated carbocycles. The summed E-state index contributed by atoms with van der Waals surface area (Å²) in [6, 6.07) is 4.72. The van der Waals surface area contributed by atoms with Crippen molar-refractivity contribution in [1.29, 1.82) is 0 Å². The molecule has 1 aliphatic heterocycles. The highest BCUT2D eigenvalue weighted by Crippen LogP contribution is 2.21. The minimum absolute atomic E-state index is 0. The third-order valence-electron chi connectivity index (χ3n) is 3.98. The first-order valence-electron chi connectivity index (χ1n) is 6.80. The highest BCUT2D eigenvalue weighted by atomic mass is 35.5. The van der Waals surface area contributed by atoms with E-state index in [4.69, 9.17) is 5.73 Å². The molecule has 5 heteroatoms. The van der Waals surface area contributed by atoms with E-state index < -0.39 is 0 Å². The second-order valence-electron chi connectivity index (χ2n) is 5.45. The molecule has 1 atom stereocenters. The van der Waals surface area contributed by atoms with Crippen molar-refractivity contribution in [3.05, 3.63) is 35.1 Å². The molecule has 1 amide bonds. The number of benzene rings is 1. The van der Waals surface area contributed by atoms with Crippen molar-refractivity contribution in [2.45, 2.75) is 32.7 Å². The molecule has 1 aromatic rings. The van der Waals surface area contributed by atoms with E-state index in [9.17, 15) is 9.18 Å². The number of nitrogens with zero attached hydrogens (tertiary/aromatic N) is 1. The standard InChI is InChI=1S/C15H21FN2O.ClH/c1-10-9-13(3-4-14(10)16)15(19)18-7-5-12(6-8-18)11(2)17;/h3-4,9,11-12H,5-8,17H2,1-2H3;1H. The van der Waals surface area contributed by atoms with Gasteiger partial charge < -0.3 is 10.6 Å². The van der Waals surface area contributed by atoms with Gasteiger partial charge in [0.25, 0.3) is 5.91 Å². The largest absolute Gasteiger partial charge is 0.339 e. The minimum atomic E-state index is -0.271. The molecule has 0 aliphatic carbocycles. The number of halogens is 2. The van der Waals surface area contributed by atoms with E-state index in [-0.39, 0.29) is 30.2 Å². The van der Waals surface area contributed by atoms with Crippen LogP contribution >= 0.6 is 12.4 Å². The van der Waals surface area contributed by atoms with Crippen molar-refractivity contribution in [2.24, 2.45) is 11.7 Å². The summed E-state index contributed by atoms with van der Waals surface area (Å²) in [4.78, 5) is 14.2. The molecule has 1 heterocycles. The smallest absolute Gasteiger partial charge is 0.253 e. The van der Waals surface area contributed by atoms with Gasteiger partial charge in [-0.25, -0.2) is 4.39 Å². The number of nitrogens with two attached hydrogens (primary N) is 1. The summed E-state index contributed by atoms with van der Waals surface area (Å²) in [6.45, 7) is 5.17. The Bertz CT molecular complexity index is 471. The van der Waals surface area contributed by atoms with Crippen LogP contribution in [0.3, 0.4) is 0 Å². The average molecular weight is 301 g/mol.